The van der Waals surface area contributed by atoms with Crippen LogP contribution in [-0.4, -0.2) is 27.2 Å². The van der Waals surface area contributed by atoms with Crippen LogP contribution in [0, 0.1) is 0 Å². The Morgan fingerprint density at radius 2 is 1.96 bits per heavy atom. The summed E-state index contributed by atoms with van der Waals surface area (Å²) in [6.45, 7) is 3.51. The molecule has 2 amide bonds. The zero-order valence-electron chi connectivity index (χ0n) is 13.9. The van der Waals surface area contributed by atoms with Crippen LogP contribution in [0.5, 0.6) is 0 Å². The minimum atomic E-state index is -0.907. The molecule has 7 nitrogen and oxygen atoms in total. The maximum atomic E-state index is 12.1. The van der Waals surface area contributed by atoms with E-state index in [0.29, 0.717) is 17.5 Å². The van der Waals surface area contributed by atoms with Gasteiger partial charge in [0.25, 0.3) is 5.56 Å². The largest absolute Gasteiger partial charge is 0.481 e. The molecule has 0 fully saturated rings. The van der Waals surface area contributed by atoms with Crippen LogP contribution in [0.3, 0.4) is 0 Å². The third-order valence-electron chi connectivity index (χ3n) is 3.76. The van der Waals surface area contributed by atoms with Gasteiger partial charge in [-0.3, -0.25) is 9.59 Å². The predicted octanol–water partition coefficient (Wildman–Crippen LogP) is 2.30. The molecule has 0 bridgehead atoms. The van der Waals surface area contributed by atoms with Gasteiger partial charge in [-0.15, -0.1) is 0 Å². The Labute approximate surface area is 139 Å². The van der Waals surface area contributed by atoms with Crippen molar-refractivity contribution in [3.8, 4) is 0 Å². The Balaban J connectivity index is 2.11. The second-order valence-corrected chi connectivity index (χ2v) is 6.39. The van der Waals surface area contributed by atoms with E-state index in [4.69, 9.17) is 5.11 Å². The Morgan fingerprint density at radius 3 is 2.62 bits per heavy atom. The van der Waals surface area contributed by atoms with E-state index in [1.807, 2.05) is 6.07 Å². The molecule has 2 aromatic rings. The summed E-state index contributed by atoms with van der Waals surface area (Å²) in [7, 11) is 1.67. The molecule has 0 radical (unpaired) electrons. The summed E-state index contributed by atoms with van der Waals surface area (Å²) in [5.74, 6) is -0.907. The SMILES string of the molecule is Cn1ccc2ccc(NC(=O)NC(C)(C)CCC(=O)O)cc2c1=O. The lowest BCUT2D eigenvalue weighted by Crippen LogP contribution is -2.45. The van der Waals surface area contributed by atoms with Gasteiger partial charge in [0.05, 0.1) is 0 Å². The van der Waals surface area contributed by atoms with Gasteiger partial charge in [-0.05, 0) is 43.9 Å². The number of amides is 2. The highest BCUT2D eigenvalue weighted by atomic mass is 16.4. The standard InChI is InChI=1S/C17H21N3O4/c1-17(2,8-6-14(21)22)19-16(24)18-12-5-4-11-7-9-20(3)15(23)13(11)10-12/h4-5,7,9-10H,6,8H2,1-3H3,(H,21,22)(H2,18,19,24). The molecular weight excluding hydrogens is 310 g/mol. The van der Waals surface area contributed by atoms with Crippen LogP contribution in [0.15, 0.2) is 35.3 Å². The van der Waals surface area contributed by atoms with Gasteiger partial charge in [0.1, 0.15) is 0 Å². The summed E-state index contributed by atoms with van der Waals surface area (Å²) in [6, 6.07) is 6.49. The zero-order valence-corrected chi connectivity index (χ0v) is 13.9. The van der Waals surface area contributed by atoms with E-state index in [-0.39, 0.29) is 12.0 Å². The van der Waals surface area contributed by atoms with Crippen LogP contribution in [0.25, 0.3) is 10.8 Å². The van der Waals surface area contributed by atoms with Crippen molar-refractivity contribution in [3.05, 3.63) is 40.8 Å². The highest BCUT2D eigenvalue weighted by molar-refractivity contribution is 5.93. The summed E-state index contributed by atoms with van der Waals surface area (Å²) in [6.07, 6.45) is 1.97. The molecule has 0 saturated carbocycles. The summed E-state index contributed by atoms with van der Waals surface area (Å²) in [5, 5.41) is 15.5. The van der Waals surface area contributed by atoms with Gasteiger partial charge in [0.15, 0.2) is 0 Å². The fraction of sp³-hybridized carbons (Fsp3) is 0.353. The number of carbonyl (C=O) groups is 2. The number of fused-ring (bicyclic) bond motifs is 1. The third-order valence-corrected chi connectivity index (χ3v) is 3.76. The third kappa shape index (κ3) is 4.34. The van der Waals surface area contributed by atoms with E-state index in [2.05, 4.69) is 10.6 Å². The molecule has 0 unspecified atom stereocenters. The molecule has 0 spiro atoms. The maximum absolute atomic E-state index is 12.1. The number of carbonyl (C=O) groups excluding carboxylic acids is 1. The summed E-state index contributed by atoms with van der Waals surface area (Å²) >= 11 is 0. The van der Waals surface area contributed by atoms with E-state index in [1.165, 1.54) is 4.57 Å². The molecule has 0 aliphatic heterocycles. The monoisotopic (exact) mass is 331 g/mol. The molecule has 0 aliphatic rings. The van der Waals surface area contributed by atoms with Crippen molar-refractivity contribution in [3.63, 3.8) is 0 Å². The second kappa shape index (κ2) is 6.74. The smallest absolute Gasteiger partial charge is 0.319 e. The van der Waals surface area contributed by atoms with Crippen LogP contribution >= 0.6 is 0 Å². The quantitative estimate of drug-likeness (QED) is 0.782. The number of anilines is 1. The van der Waals surface area contributed by atoms with Crippen LogP contribution in [0.1, 0.15) is 26.7 Å². The second-order valence-electron chi connectivity index (χ2n) is 6.39. The minimum absolute atomic E-state index is 0.0285. The van der Waals surface area contributed by atoms with Gasteiger partial charge in [0, 0.05) is 36.3 Å². The number of nitrogens with one attached hydrogen (secondary N) is 2. The van der Waals surface area contributed by atoms with Crippen LogP contribution in [0.2, 0.25) is 0 Å². The van der Waals surface area contributed by atoms with E-state index in [0.717, 1.165) is 5.39 Å². The van der Waals surface area contributed by atoms with Crippen LogP contribution in [0.4, 0.5) is 10.5 Å². The Kier molecular flexibility index (Phi) is 4.92. The fourth-order valence-electron chi connectivity index (χ4n) is 2.37. The van der Waals surface area contributed by atoms with Crippen molar-refractivity contribution < 1.29 is 14.7 Å². The first-order valence-corrected chi connectivity index (χ1v) is 7.58. The van der Waals surface area contributed by atoms with Crippen molar-refractivity contribution in [1.82, 2.24) is 9.88 Å². The minimum Gasteiger partial charge on any atom is -0.481 e. The number of aryl methyl sites for hydroxylation is 1. The molecule has 2 rings (SSSR count). The molecule has 3 N–H and O–H groups in total. The van der Waals surface area contributed by atoms with Gasteiger partial charge in [-0.2, -0.15) is 0 Å². The summed E-state index contributed by atoms with van der Waals surface area (Å²) < 4.78 is 1.47. The number of rotatable bonds is 5. The Morgan fingerprint density at radius 1 is 1.25 bits per heavy atom. The normalized spacial score (nSPS) is 11.3. The highest BCUT2D eigenvalue weighted by Crippen LogP contribution is 2.17. The molecular formula is C17H21N3O4. The average molecular weight is 331 g/mol. The number of hydrogen-bond acceptors (Lipinski definition) is 3. The lowest BCUT2D eigenvalue weighted by molar-refractivity contribution is -0.137. The molecule has 0 atom stereocenters. The van der Waals surface area contributed by atoms with Crippen molar-refractivity contribution in [2.24, 2.45) is 7.05 Å². The van der Waals surface area contributed by atoms with Crippen molar-refractivity contribution >= 4 is 28.5 Å². The molecule has 1 heterocycles. The first-order chi connectivity index (χ1) is 11.2. The number of carboxylic acids is 1. The van der Waals surface area contributed by atoms with E-state index >= 15 is 0 Å². The lowest BCUT2D eigenvalue weighted by Gasteiger charge is -2.25. The van der Waals surface area contributed by atoms with Gasteiger partial charge in [-0.1, -0.05) is 6.07 Å². The topological polar surface area (TPSA) is 100 Å². The number of hydrogen-bond donors (Lipinski definition) is 3. The lowest BCUT2D eigenvalue weighted by atomic mass is 9.99. The molecule has 24 heavy (non-hydrogen) atoms. The molecule has 128 valence electrons. The van der Waals surface area contributed by atoms with Crippen molar-refractivity contribution in [2.75, 3.05) is 5.32 Å². The van der Waals surface area contributed by atoms with Gasteiger partial charge < -0.3 is 20.3 Å². The van der Waals surface area contributed by atoms with Crippen LogP contribution in [-0.2, 0) is 11.8 Å². The number of pyridine rings is 1. The number of urea groups is 1. The number of benzene rings is 1. The average Bonchev–Trinajstić information content (AvgIpc) is 2.49. The summed E-state index contributed by atoms with van der Waals surface area (Å²) in [4.78, 5) is 34.9. The number of carboxylic acid groups (broad SMARTS) is 1. The van der Waals surface area contributed by atoms with Crippen molar-refractivity contribution in [1.29, 1.82) is 0 Å². The molecule has 7 heteroatoms. The van der Waals surface area contributed by atoms with Crippen molar-refractivity contribution in [2.45, 2.75) is 32.2 Å². The zero-order chi connectivity index (χ0) is 17.9. The van der Waals surface area contributed by atoms with Gasteiger partial charge >= 0.3 is 12.0 Å². The number of aromatic nitrogens is 1. The van der Waals surface area contributed by atoms with E-state index < -0.39 is 17.5 Å². The molecule has 0 aliphatic carbocycles. The van der Waals surface area contributed by atoms with Gasteiger partial charge in [-0.25, -0.2) is 4.79 Å². The molecule has 1 aromatic heterocycles. The molecule has 1 aromatic carbocycles. The Bertz CT molecular complexity index is 839. The number of nitrogens with zero attached hydrogens (tertiary/aromatic N) is 1. The first-order valence-electron chi connectivity index (χ1n) is 7.58. The predicted molar refractivity (Wildman–Crippen MR) is 92.3 cm³/mol. The first kappa shape index (κ1) is 17.5. The van der Waals surface area contributed by atoms with Gasteiger partial charge in [0.2, 0.25) is 0 Å². The van der Waals surface area contributed by atoms with E-state index in [1.54, 1.807) is 45.3 Å². The van der Waals surface area contributed by atoms with Crippen LogP contribution < -0.4 is 16.2 Å². The maximum Gasteiger partial charge on any atom is 0.319 e. The van der Waals surface area contributed by atoms with E-state index in [9.17, 15) is 14.4 Å². The Hall–Kier alpha value is -2.83. The number of aliphatic carboxylic acids is 1. The highest BCUT2D eigenvalue weighted by Gasteiger charge is 2.21. The summed E-state index contributed by atoms with van der Waals surface area (Å²) in [5.41, 5.74) is -0.300. The molecule has 0 saturated heterocycles. The fourth-order valence-corrected chi connectivity index (χ4v) is 2.37.